The first-order chi connectivity index (χ1) is 7.27. The van der Waals surface area contributed by atoms with Crippen LogP contribution in [0, 0.1) is 0 Å². The Hall–Kier alpha value is -0.960. The Kier molecular flexibility index (Phi) is 5.26. The van der Waals surface area contributed by atoms with Crippen LogP contribution < -0.4 is 10.1 Å². The number of anilines is 1. The lowest BCUT2D eigenvalue weighted by Gasteiger charge is -2.12. The molecule has 0 aliphatic carbocycles. The minimum absolute atomic E-state index is 0.126. The predicted molar refractivity (Wildman–Crippen MR) is 63.8 cm³/mol. The van der Waals surface area contributed by atoms with Crippen LogP contribution in [0.15, 0.2) is 18.3 Å². The fourth-order valence-electron chi connectivity index (χ4n) is 1.15. The third-order valence-electron chi connectivity index (χ3n) is 2.00. The first kappa shape index (κ1) is 12.1. The SMILES string of the molecule is CCOc1cccnc1NCC(Cl)CC. The van der Waals surface area contributed by atoms with Crippen LogP contribution in [-0.2, 0) is 0 Å². The number of pyridine rings is 1. The largest absolute Gasteiger partial charge is 0.490 e. The van der Waals surface area contributed by atoms with Crippen molar-refractivity contribution >= 4 is 17.4 Å². The van der Waals surface area contributed by atoms with Gasteiger partial charge in [0.2, 0.25) is 0 Å². The van der Waals surface area contributed by atoms with E-state index >= 15 is 0 Å². The quantitative estimate of drug-likeness (QED) is 0.761. The van der Waals surface area contributed by atoms with Crippen molar-refractivity contribution in [3.05, 3.63) is 18.3 Å². The van der Waals surface area contributed by atoms with E-state index in [-0.39, 0.29) is 5.38 Å². The van der Waals surface area contributed by atoms with Gasteiger partial charge in [-0.15, -0.1) is 11.6 Å². The molecule has 15 heavy (non-hydrogen) atoms. The highest BCUT2D eigenvalue weighted by Gasteiger charge is 2.05. The summed E-state index contributed by atoms with van der Waals surface area (Å²) in [6.45, 7) is 5.35. The third-order valence-corrected chi connectivity index (χ3v) is 2.47. The molecule has 1 atom stereocenters. The predicted octanol–water partition coefficient (Wildman–Crippen LogP) is 2.91. The van der Waals surface area contributed by atoms with Gasteiger partial charge in [0.15, 0.2) is 11.6 Å². The fraction of sp³-hybridized carbons (Fsp3) is 0.545. The standard InChI is InChI=1S/C11H17ClN2O/c1-3-9(12)8-14-11-10(15-4-2)6-5-7-13-11/h5-7,9H,3-4,8H2,1-2H3,(H,13,14). The van der Waals surface area contributed by atoms with Crippen molar-refractivity contribution in [2.75, 3.05) is 18.5 Å². The van der Waals surface area contributed by atoms with Crippen molar-refractivity contribution in [2.45, 2.75) is 25.6 Å². The number of hydrogen-bond acceptors (Lipinski definition) is 3. The second-order valence-corrected chi connectivity index (χ2v) is 3.79. The van der Waals surface area contributed by atoms with E-state index in [1.807, 2.05) is 19.1 Å². The number of nitrogens with zero attached hydrogens (tertiary/aromatic N) is 1. The molecule has 0 aromatic carbocycles. The first-order valence-electron chi connectivity index (χ1n) is 5.23. The number of rotatable bonds is 6. The Labute approximate surface area is 95.8 Å². The third kappa shape index (κ3) is 3.96. The molecule has 1 unspecified atom stereocenters. The van der Waals surface area contributed by atoms with Crippen LogP contribution in [0.2, 0.25) is 0 Å². The van der Waals surface area contributed by atoms with Crippen LogP contribution in [0.5, 0.6) is 5.75 Å². The second kappa shape index (κ2) is 6.51. The zero-order chi connectivity index (χ0) is 11.1. The molecule has 1 aromatic rings. The summed E-state index contributed by atoms with van der Waals surface area (Å²) in [4.78, 5) is 4.21. The van der Waals surface area contributed by atoms with Crippen LogP contribution in [0.3, 0.4) is 0 Å². The normalized spacial score (nSPS) is 12.2. The molecule has 0 radical (unpaired) electrons. The Morgan fingerprint density at radius 1 is 1.53 bits per heavy atom. The van der Waals surface area contributed by atoms with E-state index in [1.165, 1.54) is 0 Å². The van der Waals surface area contributed by atoms with E-state index in [0.29, 0.717) is 13.2 Å². The van der Waals surface area contributed by atoms with Crippen molar-refractivity contribution in [1.29, 1.82) is 0 Å². The molecular formula is C11H17ClN2O. The smallest absolute Gasteiger partial charge is 0.168 e. The van der Waals surface area contributed by atoms with E-state index in [0.717, 1.165) is 18.0 Å². The molecule has 1 heterocycles. The highest BCUT2D eigenvalue weighted by molar-refractivity contribution is 6.20. The lowest BCUT2D eigenvalue weighted by molar-refractivity contribution is 0.340. The Morgan fingerprint density at radius 2 is 2.33 bits per heavy atom. The van der Waals surface area contributed by atoms with Gasteiger partial charge in [-0.25, -0.2) is 4.98 Å². The van der Waals surface area contributed by atoms with Gasteiger partial charge in [0.05, 0.1) is 12.0 Å². The molecule has 0 saturated carbocycles. The van der Waals surface area contributed by atoms with Crippen molar-refractivity contribution in [3.63, 3.8) is 0 Å². The molecule has 3 nitrogen and oxygen atoms in total. The Morgan fingerprint density at radius 3 is 3.00 bits per heavy atom. The number of halogens is 1. The van der Waals surface area contributed by atoms with Crippen molar-refractivity contribution in [3.8, 4) is 5.75 Å². The van der Waals surface area contributed by atoms with Crippen LogP contribution in [0.4, 0.5) is 5.82 Å². The molecule has 0 spiro atoms. The number of alkyl halides is 1. The lowest BCUT2D eigenvalue weighted by Crippen LogP contribution is -2.14. The Bertz CT molecular complexity index is 294. The molecule has 1 rings (SSSR count). The van der Waals surface area contributed by atoms with Gasteiger partial charge >= 0.3 is 0 Å². The number of ether oxygens (including phenoxy) is 1. The maximum atomic E-state index is 6.01. The average molecular weight is 229 g/mol. The summed E-state index contributed by atoms with van der Waals surface area (Å²) < 4.78 is 5.43. The van der Waals surface area contributed by atoms with Gasteiger partial charge < -0.3 is 10.1 Å². The molecule has 1 N–H and O–H groups in total. The summed E-state index contributed by atoms with van der Waals surface area (Å²) in [6, 6.07) is 3.75. The fourth-order valence-corrected chi connectivity index (χ4v) is 1.22. The van der Waals surface area contributed by atoms with Crippen LogP contribution >= 0.6 is 11.6 Å². The Balaban J connectivity index is 2.58. The maximum absolute atomic E-state index is 6.01. The van der Waals surface area contributed by atoms with Crippen LogP contribution in [-0.4, -0.2) is 23.5 Å². The average Bonchev–Trinajstić information content (AvgIpc) is 2.28. The molecule has 0 aliphatic heterocycles. The van der Waals surface area contributed by atoms with Crippen LogP contribution in [0.25, 0.3) is 0 Å². The van der Waals surface area contributed by atoms with Gasteiger partial charge in [-0.3, -0.25) is 0 Å². The number of nitrogens with one attached hydrogen (secondary N) is 1. The molecule has 0 saturated heterocycles. The molecule has 0 fully saturated rings. The summed E-state index contributed by atoms with van der Waals surface area (Å²) >= 11 is 6.01. The van der Waals surface area contributed by atoms with E-state index in [1.54, 1.807) is 6.20 Å². The zero-order valence-electron chi connectivity index (χ0n) is 9.16. The number of hydrogen-bond donors (Lipinski definition) is 1. The molecule has 0 bridgehead atoms. The lowest BCUT2D eigenvalue weighted by atomic mass is 10.3. The summed E-state index contributed by atoms with van der Waals surface area (Å²) in [7, 11) is 0. The van der Waals surface area contributed by atoms with Crippen molar-refractivity contribution < 1.29 is 4.74 Å². The molecule has 84 valence electrons. The molecule has 1 aromatic heterocycles. The highest BCUT2D eigenvalue weighted by Crippen LogP contribution is 2.20. The summed E-state index contributed by atoms with van der Waals surface area (Å²) in [5.74, 6) is 1.54. The van der Waals surface area contributed by atoms with Crippen molar-refractivity contribution in [1.82, 2.24) is 4.98 Å². The van der Waals surface area contributed by atoms with Gasteiger partial charge in [-0.2, -0.15) is 0 Å². The molecule has 0 amide bonds. The second-order valence-electron chi connectivity index (χ2n) is 3.17. The monoisotopic (exact) mass is 228 g/mol. The van der Waals surface area contributed by atoms with Gasteiger partial charge in [0.1, 0.15) is 0 Å². The van der Waals surface area contributed by atoms with E-state index in [9.17, 15) is 0 Å². The minimum Gasteiger partial charge on any atom is -0.490 e. The minimum atomic E-state index is 0.126. The molecule has 0 aliphatic rings. The van der Waals surface area contributed by atoms with Crippen LogP contribution in [0.1, 0.15) is 20.3 Å². The summed E-state index contributed by atoms with van der Waals surface area (Å²) in [5, 5.41) is 3.31. The highest BCUT2D eigenvalue weighted by atomic mass is 35.5. The zero-order valence-corrected chi connectivity index (χ0v) is 9.92. The first-order valence-corrected chi connectivity index (χ1v) is 5.67. The van der Waals surface area contributed by atoms with E-state index in [4.69, 9.17) is 16.3 Å². The molecule has 4 heteroatoms. The van der Waals surface area contributed by atoms with Gasteiger partial charge in [0, 0.05) is 12.7 Å². The van der Waals surface area contributed by atoms with E-state index in [2.05, 4.69) is 17.2 Å². The summed E-state index contributed by atoms with van der Waals surface area (Å²) in [5.41, 5.74) is 0. The van der Waals surface area contributed by atoms with Crippen molar-refractivity contribution in [2.24, 2.45) is 0 Å². The maximum Gasteiger partial charge on any atom is 0.168 e. The van der Waals surface area contributed by atoms with E-state index < -0.39 is 0 Å². The topological polar surface area (TPSA) is 34.1 Å². The molecular weight excluding hydrogens is 212 g/mol. The van der Waals surface area contributed by atoms with Gasteiger partial charge in [-0.05, 0) is 25.5 Å². The summed E-state index contributed by atoms with van der Waals surface area (Å²) in [6.07, 6.45) is 2.67. The number of aromatic nitrogens is 1. The van der Waals surface area contributed by atoms with Gasteiger partial charge in [0.25, 0.3) is 0 Å². The van der Waals surface area contributed by atoms with Gasteiger partial charge in [-0.1, -0.05) is 6.92 Å².